The number of halogens is 2. The van der Waals surface area contributed by atoms with Crippen LogP contribution in [0.15, 0.2) is 36.4 Å². The lowest BCUT2D eigenvalue weighted by Gasteiger charge is -2.36. The zero-order valence-corrected chi connectivity index (χ0v) is 16.6. The second kappa shape index (κ2) is 8.96. The smallest absolute Gasteiger partial charge is 0.161 e. The zero-order valence-electron chi connectivity index (χ0n) is 15.1. The molecule has 4 nitrogen and oxygen atoms in total. The van der Waals surface area contributed by atoms with Gasteiger partial charge in [0.05, 0.1) is 29.8 Å². The molecule has 1 saturated heterocycles. The lowest BCUT2D eigenvalue weighted by Crippen LogP contribution is -2.45. The highest BCUT2D eigenvalue weighted by molar-refractivity contribution is 6.42. The monoisotopic (exact) mass is 394 g/mol. The molecule has 1 aliphatic heterocycles. The van der Waals surface area contributed by atoms with E-state index in [0.29, 0.717) is 16.7 Å². The molecule has 1 atom stereocenters. The summed E-state index contributed by atoms with van der Waals surface area (Å²) in [5.74, 6) is 1.50. The maximum absolute atomic E-state index is 6.30. The first kappa shape index (κ1) is 19.3. The van der Waals surface area contributed by atoms with Gasteiger partial charge in [0.2, 0.25) is 0 Å². The molecule has 0 saturated carbocycles. The van der Waals surface area contributed by atoms with Gasteiger partial charge in [0.1, 0.15) is 0 Å². The standard InChI is InChI=1S/C20H24Cl2N2O2/c1-3-26-18-7-5-15(13-19(18)25-2)20(24-10-8-23-9-11-24)14-4-6-16(21)17(22)12-14/h4-7,12-13,20,23H,3,8-11H2,1-2H3. The molecule has 3 rings (SSSR count). The highest BCUT2D eigenvalue weighted by Crippen LogP contribution is 2.37. The Balaban J connectivity index is 2.03. The molecule has 2 aromatic carbocycles. The van der Waals surface area contributed by atoms with Crippen LogP contribution in [0.25, 0.3) is 0 Å². The Labute approximate surface area is 165 Å². The molecule has 140 valence electrons. The number of hydrogen-bond acceptors (Lipinski definition) is 4. The molecule has 1 N–H and O–H groups in total. The van der Waals surface area contributed by atoms with E-state index < -0.39 is 0 Å². The maximum atomic E-state index is 6.30. The number of ether oxygens (including phenoxy) is 2. The fraction of sp³-hybridized carbons (Fsp3) is 0.400. The molecule has 2 aromatic rings. The normalized spacial score (nSPS) is 16.3. The number of rotatable bonds is 6. The fourth-order valence-corrected chi connectivity index (χ4v) is 3.67. The summed E-state index contributed by atoms with van der Waals surface area (Å²) in [6.07, 6.45) is 0. The predicted molar refractivity (Wildman–Crippen MR) is 107 cm³/mol. The Morgan fingerprint density at radius 3 is 2.35 bits per heavy atom. The third-order valence-corrected chi connectivity index (χ3v) is 5.32. The first-order valence-electron chi connectivity index (χ1n) is 8.84. The van der Waals surface area contributed by atoms with Gasteiger partial charge in [0.15, 0.2) is 11.5 Å². The van der Waals surface area contributed by atoms with Crippen molar-refractivity contribution in [2.24, 2.45) is 0 Å². The van der Waals surface area contributed by atoms with Gasteiger partial charge in [-0.3, -0.25) is 4.90 Å². The third-order valence-electron chi connectivity index (χ3n) is 4.58. The molecule has 0 spiro atoms. The fourth-order valence-electron chi connectivity index (χ4n) is 3.37. The molecule has 1 heterocycles. The number of benzene rings is 2. The molecule has 0 aromatic heterocycles. The van der Waals surface area contributed by atoms with Gasteiger partial charge in [-0.05, 0) is 42.3 Å². The van der Waals surface area contributed by atoms with Crippen LogP contribution < -0.4 is 14.8 Å². The second-order valence-electron chi connectivity index (χ2n) is 6.21. The predicted octanol–water partition coefficient (Wildman–Crippen LogP) is 4.40. The van der Waals surface area contributed by atoms with Crippen LogP contribution >= 0.6 is 23.2 Å². The molecule has 0 aliphatic carbocycles. The van der Waals surface area contributed by atoms with Gasteiger partial charge in [0.25, 0.3) is 0 Å². The van der Waals surface area contributed by atoms with Crippen molar-refractivity contribution in [1.82, 2.24) is 10.2 Å². The molecule has 1 aliphatic rings. The molecule has 0 bridgehead atoms. The number of nitrogens with one attached hydrogen (secondary N) is 1. The van der Waals surface area contributed by atoms with Crippen molar-refractivity contribution in [3.63, 3.8) is 0 Å². The Hall–Kier alpha value is -1.46. The summed E-state index contributed by atoms with van der Waals surface area (Å²) in [6.45, 7) is 6.41. The summed E-state index contributed by atoms with van der Waals surface area (Å²) in [4.78, 5) is 2.45. The van der Waals surface area contributed by atoms with Gasteiger partial charge in [-0.25, -0.2) is 0 Å². The van der Waals surface area contributed by atoms with E-state index in [9.17, 15) is 0 Å². The van der Waals surface area contributed by atoms with Crippen molar-refractivity contribution in [1.29, 1.82) is 0 Å². The van der Waals surface area contributed by atoms with Gasteiger partial charge in [-0.2, -0.15) is 0 Å². The van der Waals surface area contributed by atoms with Gasteiger partial charge in [0, 0.05) is 26.2 Å². The molecular formula is C20H24Cl2N2O2. The van der Waals surface area contributed by atoms with Gasteiger partial charge in [-0.1, -0.05) is 35.3 Å². The van der Waals surface area contributed by atoms with Crippen LogP contribution in [0.1, 0.15) is 24.1 Å². The highest BCUT2D eigenvalue weighted by atomic mass is 35.5. The Morgan fingerprint density at radius 2 is 1.69 bits per heavy atom. The van der Waals surface area contributed by atoms with Crippen LogP contribution in [0, 0.1) is 0 Å². The summed E-state index contributed by atoms with van der Waals surface area (Å²) in [5, 5.41) is 4.55. The van der Waals surface area contributed by atoms with E-state index in [-0.39, 0.29) is 6.04 Å². The summed E-state index contributed by atoms with van der Waals surface area (Å²) in [6, 6.07) is 12.1. The molecule has 6 heteroatoms. The summed E-state index contributed by atoms with van der Waals surface area (Å²) in [7, 11) is 1.67. The Kier molecular flexibility index (Phi) is 6.65. The minimum absolute atomic E-state index is 0.0800. The van der Waals surface area contributed by atoms with E-state index in [0.717, 1.165) is 48.8 Å². The Morgan fingerprint density at radius 1 is 1.00 bits per heavy atom. The van der Waals surface area contributed by atoms with Crippen LogP contribution in [0.3, 0.4) is 0 Å². The molecule has 0 radical (unpaired) electrons. The van der Waals surface area contributed by atoms with Gasteiger partial charge in [-0.15, -0.1) is 0 Å². The van der Waals surface area contributed by atoms with E-state index in [1.807, 2.05) is 31.2 Å². The third kappa shape index (κ3) is 4.26. The van der Waals surface area contributed by atoms with E-state index in [1.165, 1.54) is 0 Å². The topological polar surface area (TPSA) is 33.7 Å². The summed E-state index contributed by atoms with van der Waals surface area (Å²) < 4.78 is 11.2. The van der Waals surface area contributed by atoms with Crippen molar-refractivity contribution in [2.75, 3.05) is 39.9 Å². The average Bonchev–Trinajstić information content (AvgIpc) is 2.67. The van der Waals surface area contributed by atoms with E-state index in [1.54, 1.807) is 7.11 Å². The van der Waals surface area contributed by atoms with Crippen LogP contribution in [0.5, 0.6) is 11.5 Å². The van der Waals surface area contributed by atoms with Crippen molar-refractivity contribution < 1.29 is 9.47 Å². The average molecular weight is 395 g/mol. The number of piperazine rings is 1. The largest absolute Gasteiger partial charge is 0.493 e. The first-order valence-corrected chi connectivity index (χ1v) is 9.60. The zero-order chi connectivity index (χ0) is 18.5. The van der Waals surface area contributed by atoms with Crippen LogP contribution in [-0.2, 0) is 0 Å². The Bertz CT molecular complexity index is 749. The van der Waals surface area contributed by atoms with Crippen LogP contribution in [-0.4, -0.2) is 44.8 Å². The maximum Gasteiger partial charge on any atom is 0.161 e. The highest BCUT2D eigenvalue weighted by Gasteiger charge is 2.25. The lowest BCUT2D eigenvalue weighted by molar-refractivity contribution is 0.198. The first-order chi connectivity index (χ1) is 12.6. The lowest BCUT2D eigenvalue weighted by atomic mass is 9.96. The SMILES string of the molecule is CCOc1ccc(C(c2ccc(Cl)c(Cl)c2)N2CCNCC2)cc1OC. The molecule has 0 amide bonds. The van der Waals surface area contributed by atoms with Crippen molar-refractivity contribution in [2.45, 2.75) is 13.0 Å². The number of nitrogens with zero attached hydrogens (tertiary/aromatic N) is 1. The molecular weight excluding hydrogens is 371 g/mol. The summed E-state index contributed by atoms with van der Waals surface area (Å²) in [5.41, 5.74) is 2.26. The van der Waals surface area contributed by atoms with Crippen molar-refractivity contribution in [3.8, 4) is 11.5 Å². The quantitative estimate of drug-likeness (QED) is 0.787. The van der Waals surface area contributed by atoms with Crippen molar-refractivity contribution >= 4 is 23.2 Å². The van der Waals surface area contributed by atoms with E-state index in [4.69, 9.17) is 32.7 Å². The van der Waals surface area contributed by atoms with Crippen LogP contribution in [0.4, 0.5) is 0 Å². The number of methoxy groups -OCH3 is 1. The van der Waals surface area contributed by atoms with Gasteiger partial charge >= 0.3 is 0 Å². The summed E-state index contributed by atoms with van der Waals surface area (Å²) >= 11 is 12.4. The molecule has 1 unspecified atom stereocenters. The van der Waals surface area contributed by atoms with E-state index in [2.05, 4.69) is 22.3 Å². The molecule has 1 fully saturated rings. The minimum atomic E-state index is 0.0800. The van der Waals surface area contributed by atoms with Crippen molar-refractivity contribution in [3.05, 3.63) is 57.6 Å². The second-order valence-corrected chi connectivity index (χ2v) is 7.02. The van der Waals surface area contributed by atoms with Crippen LogP contribution in [0.2, 0.25) is 10.0 Å². The van der Waals surface area contributed by atoms with Gasteiger partial charge < -0.3 is 14.8 Å². The number of hydrogen-bond donors (Lipinski definition) is 1. The molecule has 26 heavy (non-hydrogen) atoms. The minimum Gasteiger partial charge on any atom is -0.493 e. The van der Waals surface area contributed by atoms with E-state index >= 15 is 0 Å².